The molecular formula is C10H13N3O2. The molecule has 1 aromatic rings. The van der Waals surface area contributed by atoms with Crippen molar-refractivity contribution in [1.29, 1.82) is 0 Å². The van der Waals surface area contributed by atoms with Crippen molar-refractivity contribution in [3.05, 3.63) is 28.4 Å². The molecular weight excluding hydrogens is 194 g/mol. The topological polar surface area (TPSA) is 59.3 Å². The van der Waals surface area contributed by atoms with Crippen LogP contribution in [0.15, 0.2) is 18.3 Å². The van der Waals surface area contributed by atoms with Gasteiger partial charge in [-0.15, -0.1) is 0 Å². The molecule has 5 heteroatoms. The Morgan fingerprint density at radius 3 is 3.07 bits per heavy atom. The minimum Gasteiger partial charge on any atom is -0.351 e. The zero-order chi connectivity index (χ0) is 10.8. The van der Waals surface area contributed by atoms with Gasteiger partial charge in [-0.1, -0.05) is 6.92 Å². The molecule has 1 unspecified atom stereocenters. The maximum Gasteiger partial charge on any atom is 0.311 e. The van der Waals surface area contributed by atoms with Gasteiger partial charge in [0.05, 0.1) is 4.92 Å². The van der Waals surface area contributed by atoms with E-state index in [1.54, 1.807) is 12.3 Å². The van der Waals surface area contributed by atoms with Crippen molar-refractivity contribution in [3.63, 3.8) is 0 Å². The molecule has 1 atom stereocenters. The second-order valence-electron chi connectivity index (χ2n) is 3.94. The molecule has 0 saturated carbocycles. The van der Waals surface area contributed by atoms with E-state index in [1.165, 1.54) is 6.07 Å². The lowest BCUT2D eigenvalue weighted by molar-refractivity contribution is -0.384. The van der Waals surface area contributed by atoms with E-state index < -0.39 is 0 Å². The van der Waals surface area contributed by atoms with Gasteiger partial charge in [0.1, 0.15) is 0 Å². The van der Waals surface area contributed by atoms with Gasteiger partial charge < -0.3 is 4.90 Å². The van der Waals surface area contributed by atoms with E-state index in [4.69, 9.17) is 0 Å². The average Bonchev–Trinajstić information content (AvgIpc) is 2.65. The van der Waals surface area contributed by atoms with Gasteiger partial charge >= 0.3 is 5.69 Å². The van der Waals surface area contributed by atoms with Gasteiger partial charge in [-0.3, -0.25) is 10.1 Å². The molecule has 0 aliphatic carbocycles. The smallest absolute Gasteiger partial charge is 0.311 e. The Labute approximate surface area is 87.9 Å². The van der Waals surface area contributed by atoms with E-state index >= 15 is 0 Å². The first-order valence-electron chi connectivity index (χ1n) is 5.03. The number of nitrogens with zero attached hydrogens (tertiary/aromatic N) is 3. The van der Waals surface area contributed by atoms with Gasteiger partial charge in [0.15, 0.2) is 0 Å². The Morgan fingerprint density at radius 2 is 2.47 bits per heavy atom. The maximum absolute atomic E-state index is 10.8. The van der Waals surface area contributed by atoms with Gasteiger partial charge in [-0.2, -0.15) is 0 Å². The predicted octanol–water partition coefficient (Wildman–Crippen LogP) is 1.84. The summed E-state index contributed by atoms with van der Waals surface area (Å²) in [4.78, 5) is 16.5. The van der Waals surface area contributed by atoms with Gasteiger partial charge in [-0.05, 0) is 18.4 Å². The lowest BCUT2D eigenvalue weighted by atomic mass is 10.2. The molecule has 0 amide bonds. The summed E-state index contributed by atoms with van der Waals surface area (Å²) in [5.41, 5.74) is 0.103. The Bertz CT molecular complexity index is 381. The molecule has 0 N–H and O–H groups in total. The number of aromatic nitrogens is 1. The molecule has 0 spiro atoms. The number of anilines is 1. The highest BCUT2D eigenvalue weighted by Gasteiger charge is 2.26. The van der Waals surface area contributed by atoms with E-state index in [9.17, 15) is 10.1 Å². The van der Waals surface area contributed by atoms with Crippen LogP contribution >= 0.6 is 0 Å². The summed E-state index contributed by atoms with van der Waals surface area (Å²) in [7, 11) is 0. The van der Waals surface area contributed by atoms with E-state index in [1.807, 2.05) is 4.90 Å². The highest BCUT2D eigenvalue weighted by molar-refractivity contribution is 5.57. The van der Waals surface area contributed by atoms with Crippen LogP contribution in [0.2, 0.25) is 0 Å². The summed E-state index contributed by atoms with van der Waals surface area (Å²) in [6.07, 6.45) is 2.68. The quantitative estimate of drug-likeness (QED) is 0.548. The molecule has 2 heterocycles. The largest absolute Gasteiger partial charge is 0.351 e. The lowest BCUT2D eigenvalue weighted by Gasteiger charge is -2.16. The van der Waals surface area contributed by atoms with Crippen LogP contribution in [0.5, 0.6) is 0 Å². The van der Waals surface area contributed by atoms with E-state index in [0.29, 0.717) is 11.7 Å². The van der Waals surface area contributed by atoms with Crippen molar-refractivity contribution in [2.75, 3.05) is 18.0 Å². The van der Waals surface area contributed by atoms with Crippen LogP contribution in [0.4, 0.5) is 11.5 Å². The Hall–Kier alpha value is -1.65. The second-order valence-corrected chi connectivity index (χ2v) is 3.94. The Kier molecular flexibility index (Phi) is 2.53. The van der Waals surface area contributed by atoms with Crippen molar-refractivity contribution in [1.82, 2.24) is 4.98 Å². The summed E-state index contributed by atoms with van der Waals surface area (Å²) < 4.78 is 0. The third-order valence-corrected chi connectivity index (χ3v) is 2.69. The van der Waals surface area contributed by atoms with Crippen LogP contribution in [0.1, 0.15) is 13.3 Å². The van der Waals surface area contributed by atoms with Gasteiger partial charge in [-0.25, -0.2) is 4.98 Å². The number of hydrogen-bond acceptors (Lipinski definition) is 4. The molecule has 15 heavy (non-hydrogen) atoms. The first kappa shape index (κ1) is 9.89. The third kappa shape index (κ3) is 1.91. The van der Waals surface area contributed by atoms with Crippen molar-refractivity contribution >= 4 is 11.5 Å². The molecule has 5 nitrogen and oxygen atoms in total. The van der Waals surface area contributed by atoms with Crippen LogP contribution in [0, 0.1) is 16.0 Å². The minimum absolute atomic E-state index is 0.103. The lowest BCUT2D eigenvalue weighted by Crippen LogP contribution is -2.21. The molecule has 1 aromatic heterocycles. The van der Waals surface area contributed by atoms with Crippen LogP contribution in [0.3, 0.4) is 0 Å². The van der Waals surface area contributed by atoms with Crippen LogP contribution in [-0.4, -0.2) is 23.0 Å². The fraction of sp³-hybridized carbons (Fsp3) is 0.500. The molecule has 1 aliphatic rings. The number of hydrogen-bond donors (Lipinski definition) is 0. The van der Waals surface area contributed by atoms with Crippen molar-refractivity contribution in [2.24, 2.45) is 5.92 Å². The van der Waals surface area contributed by atoms with E-state index in [0.717, 1.165) is 19.5 Å². The summed E-state index contributed by atoms with van der Waals surface area (Å²) in [5, 5.41) is 10.8. The van der Waals surface area contributed by atoms with Gasteiger partial charge in [0.25, 0.3) is 0 Å². The number of rotatable bonds is 2. The first-order chi connectivity index (χ1) is 7.18. The standard InChI is InChI=1S/C10H13N3O2/c1-8-4-6-12(7-8)10-9(13(14)15)3-2-5-11-10/h2-3,5,8H,4,6-7H2,1H3. The highest BCUT2D eigenvalue weighted by Crippen LogP contribution is 2.29. The molecule has 0 radical (unpaired) electrons. The Balaban J connectivity index is 2.31. The van der Waals surface area contributed by atoms with Crippen LogP contribution < -0.4 is 4.90 Å². The zero-order valence-corrected chi connectivity index (χ0v) is 8.59. The normalized spacial score (nSPS) is 20.6. The minimum atomic E-state index is -0.370. The van der Waals surface area contributed by atoms with Crippen molar-refractivity contribution < 1.29 is 4.92 Å². The molecule has 0 aromatic carbocycles. The van der Waals surface area contributed by atoms with E-state index in [-0.39, 0.29) is 10.6 Å². The fourth-order valence-corrected chi connectivity index (χ4v) is 1.90. The predicted molar refractivity (Wildman–Crippen MR) is 56.9 cm³/mol. The highest BCUT2D eigenvalue weighted by atomic mass is 16.6. The second kappa shape index (κ2) is 3.84. The van der Waals surface area contributed by atoms with Crippen molar-refractivity contribution in [2.45, 2.75) is 13.3 Å². The summed E-state index contributed by atoms with van der Waals surface area (Å²) in [5.74, 6) is 1.10. The van der Waals surface area contributed by atoms with Crippen LogP contribution in [-0.2, 0) is 0 Å². The zero-order valence-electron chi connectivity index (χ0n) is 8.59. The fourth-order valence-electron chi connectivity index (χ4n) is 1.90. The number of nitro groups is 1. The summed E-state index contributed by atoms with van der Waals surface area (Å²) in [6.45, 7) is 3.87. The molecule has 1 aliphatic heterocycles. The van der Waals surface area contributed by atoms with Gasteiger partial charge in [0, 0.05) is 25.4 Å². The molecule has 80 valence electrons. The monoisotopic (exact) mass is 207 g/mol. The summed E-state index contributed by atoms with van der Waals surface area (Å²) >= 11 is 0. The van der Waals surface area contributed by atoms with Crippen molar-refractivity contribution in [3.8, 4) is 0 Å². The average molecular weight is 207 g/mol. The SMILES string of the molecule is CC1CCN(c2ncccc2[N+](=O)[O-])C1. The first-order valence-corrected chi connectivity index (χ1v) is 5.03. The van der Waals surface area contributed by atoms with E-state index in [2.05, 4.69) is 11.9 Å². The van der Waals surface area contributed by atoms with Gasteiger partial charge in [0.2, 0.25) is 5.82 Å². The molecule has 2 rings (SSSR count). The summed E-state index contributed by atoms with van der Waals surface area (Å²) in [6, 6.07) is 3.10. The number of pyridine rings is 1. The molecule has 1 saturated heterocycles. The Morgan fingerprint density at radius 1 is 1.67 bits per heavy atom. The van der Waals surface area contributed by atoms with Crippen LogP contribution in [0.25, 0.3) is 0 Å². The maximum atomic E-state index is 10.8. The molecule has 1 fully saturated rings. The third-order valence-electron chi connectivity index (χ3n) is 2.69. The molecule has 0 bridgehead atoms.